The van der Waals surface area contributed by atoms with Gasteiger partial charge in [-0.15, -0.1) is 0 Å². The Hall–Kier alpha value is -1.93. The molecule has 0 aliphatic carbocycles. The number of aryl methyl sites for hydroxylation is 1. The summed E-state index contributed by atoms with van der Waals surface area (Å²) >= 11 is 0. The van der Waals surface area contributed by atoms with Crippen LogP contribution in [0, 0.1) is 0 Å². The highest BCUT2D eigenvalue weighted by Gasteiger charge is 2.23. The van der Waals surface area contributed by atoms with Crippen molar-refractivity contribution in [1.82, 2.24) is 4.72 Å². The Labute approximate surface area is 116 Å². The summed E-state index contributed by atoms with van der Waals surface area (Å²) in [6.07, 6.45) is 0.404. The molecule has 0 aliphatic heterocycles. The van der Waals surface area contributed by atoms with E-state index in [1.54, 1.807) is 6.92 Å². The van der Waals surface area contributed by atoms with Gasteiger partial charge in [0, 0.05) is 0 Å². The summed E-state index contributed by atoms with van der Waals surface area (Å²) in [6.45, 7) is 3.05. The highest BCUT2D eigenvalue weighted by atomic mass is 32.2. The molecule has 0 bridgehead atoms. The van der Waals surface area contributed by atoms with Gasteiger partial charge >= 0.3 is 5.97 Å². The van der Waals surface area contributed by atoms with Crippen molar-refractivity contribution in [3.05, 3.63) is 29.3 Å². The molecule has 1 atom stereocenters. The summed E-state index contributed by atoms with van der Waals surface area (Å²) in [6, 6.07) is 2.75. The van der Waals surface area contributed by atoms with Gasteiger partial charge in [0.25, 0.3) is 0 Å². The van der Waals surface area contributed by atoms with Crippen LogP contribution in [0.1, 0.15) is 29.8 Å². The van der Waals surface area contributed by atoms with Crippen molar-refractivity contribution in [2.24, 2.45) is 5.73 Å². The van der Waals surface area contributed by atoms with E-state index in [0.717, 1.165) is 6.07 Å². The topological polar surface area (TPSA) is 127 Å². The van der Waals surface area contributed by atoms with Gasteiger partial charge in [-0.25, -0.2) is 13.2 Å². The maximum atomic E-state index is 12.2. The molecule has 20 heavy (non-hydrogen) atoms. The van der Waals surface area contributed by atoms with Crippen molar-refractivity contribution in [3.8, 4) is 0 Å². The fraction of sp³-hybridized carbons (Fsp3) is 0.333. The molecular formula is C12H16N2O5S. The predicted octanol–water partition coefficient (Wildman–Crippen LogP) is 0.0993. The summed E-state index contributed by atoms with van der Waals surface area (Å²) in [5.41, 5.74) is 5.32. The van der Waals surface area contributed by atoms with Gasteiger partial charge in [0.1, 0.15) is 0 Å². The average Bonchev–Trinajstić information content (AvgIpc) is 2.37. The second-order valence-corrected chi connectivity index (χ2v) is 5.91. The van der Waals surface area contributed by atoms with Crippen molar-refractivity contribution < 1.29 is 23.1 Å². The quantitative estimate of drug-likeness (QED) is 0.686. The predicted molar refractivity (Wildman–Crippen MR) is 71.8 cm³/mol. The molecule has 1 amide bonds. The van der Waals surface area contributed by atoms with E-state index in [9.17, 15) is 18.0 Å². The number of nitrogens with two attached hydrogens (primary N) is 1. The first-order valence-corrected chi connectivity index (χ1v) is 7.35. The summed E-state index contributed by atoms with van der Waals surface area (Å²) in [5.74, 6) is -2.05. The van der Waals surface area contributed by atoms with Gasteiger partial charge in [-0.2, -0.15) is 4.72 Å². The summed E-state index contributed by atoms with van der Waals surface area (Å²) in [7, 11) is -4.02. The minimum absolute atomic E-state index is 0.144. The number of hydrogen-bond acceptors (Lipinski definition) is 4. The van der Waals surface area contributed by atoms with Crippen LogP contribution in [0.25, 0.3) is 0 Å². The number of carboxylic acids is 1. The lowest BCUT2D eigenvalue weighted by molar-refractivity contribution is -0.119. The molecule has 0 aromatic heterocycles. The van der Waals surface area contributed by atoms with Crippen molar-refractivity contribution in [1.29, 1.82) is 0 Å². The van der Waals surface area contributed by atoms with E-state index in [2.05, 4.69) is 4.72 Å². The van der Waals surface area contributed by atoms with Crippen LogP contribution in [-0.2, 0) is 21.2 Å². The fourth-order valence-corrected chi connectivity index (χ4v) is 3.13. The second-order valence-electron chi connectivity index (χ2n) is 4.23. The van der Waals surface area contributed by atoms with Crippen LogP contribution < -0.4 is 10.5 Å². The molecule has 0 saturated heterocycles. The minimum atomic E-state index is -4.02. The third-order valence-corrected chi connectivity index (χ3v) is 4.37. The van der Waals surface area contributed by atoms with Crippen molar-refractivity contribution >= 4 is 21.9 Å². The number of aromatic carboxylic acids is 1. The SMILES string of the molecule is CCc1ccc(C(=O)O)cc1S(=O)(=O)NC(C)C(N)=O. The Kier molecular flexibility index (Phi) is 4.85. The number of amides is 1. The molecular weight excluding hydrogens is 284 g/mol. The van der Waals surface area contributed by atoms with Gasteiger partial charge in [-0.3, -0.25) is 4.79 Å². The number of hydrogen-bond donors (Lipinski definition) is 3. The van der Waals surface area contributed by atoms with E-state index >= 15 is 0 Å². The first-order valence-electron chi connectivity index (χ1n) is 5.87. The van der Waals surface area contributed by atoms with E-state index in [4.69, 9.17) is 10.8 Å². The number of rotatable bonds is 6. The molecule has 0 heterocycles. The molecule has 0 spiro atoms. The Morgan fingerprint density at radius 3 is 2.45 bits per heavy atom. The molecule has 1 aromatic rings. The third-order valence-electron chi connectivity index (χ3n) is 2.74. The van der Waals surface area contributed by atoms with Crippen LogP contribution in [0.3, 0.4) is 0 Å². The highest BCUT2D eigenvalue weighted by Crippen LogP contribution is 2.19. The zero-order valence-corrected chi connectivity index (χ0v) is 11.9. The normalized spacial score (nSPS) is 12.9. The van der Waals surface area contributed by atoms with Crippen LogP contribution in [0.2, 0.25) is 0 Å². The van der Waals surface area contributed by atoms with E-state index < -0.39 is 27.9 Å². The van der Waals surface area contributed by atoms with Gasteiger partial charge in [-0.1, -0.05) is 13.0 Å². The molecule has 7 nitrogen and oxygen atoms in total. The van der Waals surface area contributed by atoms with E-state index in [1.807, 2.05) is 0 Å². The third kappa shape index (κ3) is 3.55. The minimum Gasteiger partial charge on any atom is -0.478 e. The Morgan fingerprint density at radius 1 is 1.40 bits per heavy atom. The van der Waals surface area contributed by atoms with Gasteiger partial charge < -0.3 is 10.8 Å². The highest BCUT2D eigenvalue weighted by molar-refractivity contribution is 7.89. The summed E-state index contributed by atoms with van der Waals surface area (Å²) in [5, 5.41) is 8.92. The summed E-state index contributed by atoms with van der Waals surface area (Å²) in [4.78, 5) is 21.7. The van der Waals surface area contributed by atoms with Crippen molar-refractivity contribution in [2.75, 3.05) is 0 Å². The molecule has 1 unspecified atom stereocenters. The molecule has 1 aromatic carbocycles. The lowest BCUT2D eigenvalue weighted by Crippen LogP contribution is -2.42. The van der Waals surface area contributed by atoms with Crippen LogP contribution in [0.4, 0.5) is 0 Å². The monoisotopic (exact) mass is 300 g/mol. The molecule has 0 saturated carbocycles. The number of benzene rings is 1. The summed E-state index contributed by atoms with van der Waals surface area (Å²) < 4.78 is 26.5. The molecule has 0 aliphatic rings. The molecule has 4 N–H and O–H groups in total. The molecule has 8 heteroatoms. The van der Waals surface area contributed by atoms with Crippen LogP contribution in [0.5, 0.6) is 0 Å². The number of nitrogens with one attached hydrogen (secondary N) is 1. The van der Waals surface area contributed by atoms with E-state index in [-0.39, 0.29) is 10.5 Å². The molecule has 0 radical (unpaired) electrons. The lowest BCUT2D eigenvalue weighted by atomic mass is 10.1. The van der Waals surface area contributed by atoms with Gasteiger partial charge in [0.15, 0.2) is 0 Å². The lowest BCUT2D eigenvalue weighted by Gasteiger charge is -2.14. The number of carbonyl (C=O) groups excluding carboxylic acids is 1. The zero-order chi connectivity index (χ0) is 15.5. The van der Waals surface area contributed by atoms with Crippen LogP contribution in [0.15, 0.2) is 23.1 Å². The van der Waals surface area contributed by atoms with E-state index in [0.29, 0.717) is 12.0 Å². The van der Waals surface area contributed by atoms with E-state index in [1.165, 1.54) is 19.1 Å². The number of primary amides is 1. The van der Waals surface area contributed by atoms with Crippen molar-refractivity contribution in [3.63, 3.8) is 0 Å². The maximum absolute atomic E-state index is 12.2. The fourth-order valence-electron chi connectivity index (χ4n) is 1.58. The molecule has 0 fully saturated rings. The standard InChI is InChI=1S/C12H16N2O5S/c1-3-8-4-5-9(12(16)17)6-10(8)20(18,19)14-7(2)11(13)15/h4-7,14H,3H2,1-2H3,(H2,13,15)(H,16,17). The second kappa shape index (κ2) is 6.02. The number of sulfonamides is 1. The molecule has 110 valence electrons. The maximum Gasteiger partial charge on any atom is 0.335 e. The van der Waals surface area contributed by atoms with Gasteiger partial charge in [0.2, 0.25) is 15.9 Å². The van der Waals surface area contributed by atoms with Crippen LogP contribution >= 0.6 is 0 Å². The van der Waals surface area contributed by atoms with Gasteiger partial charge in [0.05, 0.1) is 16.5 Å². The Balaban J connectivity index is 3.31. The largest absolute Gasteiger partial charge is 0.478 e. The van der Waals surface area contributed by atoms with Crippen LogP contribution in [-0.4, -0.2) is 31.4 Å². The zero-order valence-electron chi connectivity index (χ0n) is 11.1. The van der Waals surface area contributed by atoms with Gasteiger partial charge in [-0.05, 0) is 31.0 Å². The number of carboxylic acid groups (broad SMARTS) is 1. The Bertz CT molecular complexity index is 639. The van der Waals surface area contributed by atoms with Crippen molar-refractivity contribution in [2.45, 2.75) is 31.2 Å². The first kappa shape index (κ1) is 16.1. The number of carbonyl (C=O) groups is 2. The smallest absolute Gasteiger partial charge is 0.335 e. The Morgan fingerprint density at radius 2 is 2.00 bits per heavy atom. The first-order chi connectivity index (χ1) is 9.19. The molecule has 1 rings (SSSR count). The average molecular weight is 300 g/mol.